The van der Waals surface area contributed by atoms with Crippen LogP contribution in [0.15, 0.2) is 18.5 Å². The van der Waals surface area contributed by atoms with E-state index < -0.39 is 36.4 Å². The van der Waals surface area contributed by atoms with Crippen LogP contribution in [0.4, 0.5) is 22.0 Å². The first-order valence-corrected chi connectivity index (χ1v) is 4.68. The van der Waals surface area contributed by atoms with Crippen molar-refractivity contribution in [3.8, 4) is 0 Å². The van der Waals surface area contributed by atoms with Gasteiger partial charge in [0, 0.05) is 25.2 Å². The highest BCUT2D eigenvalue weighted by Crippen LogP contribution is 2.48. The average molecular weight is 237 g/mol. The van der Waals surface area contributed by atoms with Gasteiger partial charge in [-0.05, 0) is 17.5 Å². The minimum Gasteiger partial charge on any atom is -0.264 e. The Morgan fingerprint density at radius 1 is 1.19 bits per heavy atom. The largest absolute Gasteiger partial charge is 0.417 e. The molecule has 1 saturated carbocycles. The molecule has 0 radical (unpaired) electrons. The molecular weight excluding hydrogens is 229 g/mol. The van der Waals surface area contributed by atoms with E-state index in [1.807, 2.05) is 0 Å². The maximum atomic E-state index is 12.6. The number of aromatic nitrogens is 1. The second-order valence-corrected chi connectivity index (χ2v) is 3.97. The van der Waals surface area contributed by atoms with E-state index in [0.717, 1.165) is 6.07 Å². The van der Waals surface area contributed by atoms with Crippen LogP contribution in [0.1, 0.15) is 29.9 Å². The van der Waals surface area contributed by atoms with Gasteiger partial charge in [-0.15, -0.1) is 0 Å². The Balaban J connectivity index is 2.18. The Bertz CT molecular complexity index is 390. The number of hydrogen-bond donors (Lipinski definition) is 0. The fraction of sp³-hybridized carbons (Fsp3) is 0.500. The number of nitrogens with zero attached hydrogens (tertiary/aromatic N) is 1. The Hall–Kier alpha value is -1.20. The van der Waals surface area contributed by atoms with Crippen molar-refractivity contribution in [3.05, 3.63) is 29.6 Å². The van der Waals surface area contributed by atoms with Crippen LogP contribution in [-0.2, 0) is 6.18 Å². The third kappa shape index (κ3) is 2.15. The lowest BCUT2D eigenvalue weighted by Gasteiger charge is -2.35. The standard InChI is InChI=1S/C10H8F5N/c11-9(12)2-7(3-9)6-1-8(5-16-4-6)10(13,14)15/h1,4-5,7H,2-3H2. The highest BCUT2D eigenvalue weighted by molar-refractivity contribution is 5.26. The average Bonchev–Trinajstić information content (AvgIpc) is 2.13. The third-order valence-corrected chi connectivity index (χ3v) is 2.65. The van der Waals surface area contributed by atoms with Crippen LogP contribution in [0, 0.1) is 0 Å². The molecule has 1 nitrogen and oxygen atoms in total. The van der Waals surface area contributed by atoms with Crippen LogP contribution in [0.5, 0.6) is 0 Å². The lowest BCUT2D eigenvalue weighted by atomic mass is 9.77. The first-order valence-electron chi connectivity index (χ1n) is 4.68. The first-order chi connectivity index (χ1) is 7.28. The van der Waals surface area contributed by atoms with Gasteiger partial charge in [0.05, 0.1) is 5.56 Å². The van der Waals surface area contributed by atoms with Crippen LogP contribution in [0.25, 0.3) is 0 Å². The minimum atomic E-state index is -4.48. The first kappa shape index (κ1) is 11.3. The summed E-state index contributed by atoms with van der Waals surface area (Å²) < 4.78 is 62.1. The number of pyridine rings is 1. The van der Waals surface area contributed by atoms with Gasteiger partial charge in [0.1, 0.15) is 0 Å². The van der Waals surface area contributed by atoms with E-state index in [2.05, 4.69) is 4.98 Å². The van der Waals surface area contributed by atoms with Gasteiger partial charge in [0.15, 0.2) is 0 Å². The van der Waals surface area contributed by atoms with Crippen LogP contribution >= 0.6 is 0 Å². The van der Waals surface area contributed by atoms with E-state index in [9.17, 15) is 22.0 Å². The molecule has 0 N–H and O–H groups in total. The predicted molar refractivity (Wildman–Crippen MR) is 46.2 cm³/mol. The summed E-state index contributed by atoms with van der Waals surface area (Å²) in [4.78, 5) is 3.44. The maximum absolute atomic E-state index is 12.6. The van der Waals surface area contributed by atoms with Gasteiger partial charge in [-0.2, -0.15) is 13.2 Å². The van der Waals surface area contributed by atoms with E-state index in [1.54, 1.807) is 0 Å². The van der Waals surface area contributed by atoms with Crippen molar-refractivity contribution >= 4 is 0 Å². The van der Waals surface area contributed by atoms with Crippen LogP contribution in [0.3, 0.4) is 0 Å². The Morgan fingerprint density at radius 3 is 2.31 bits per heavy atom. The summed E-state index contributed by atoms with van der Waals surface area (Å²) >= 11 is 0. The Kier molecular flexibility index (Phi) is 2.40. The smallest absolute Gasteiger partial charge is 0.264 e. The molecule has 0 amide bonds. The van der Waals surface area contributed by atoms with Gasteiger partial charge < -0.3 is 0 Å². The van der Waals surface area contributed by atoms with E-state index in [0.29, 0.717) is 6.20 Å². The van der Waals surface area contributed by atoms with Crippen molar-refractivity contribution in [3.63, 3.8) is 0 Å². The maximum Gasteiger partial charge on any atom is 0.417 e. The third-order valence-electron chi connectivity index (χ3n) is 2.65. The number of rotatable bonds is 1. The zero-order valence-corrected chi connectivity index (χ0v) is 8.06. The van der Waals surface area contributed by atoms with Crippen LogP contribution in [-0.4, -0.2) is 10.9 Å². The van der Waals surface area contributed by atoms with E-state index in [-0.39, 0.29) is 5.56 Å². The molecule has 0 saturated heterocycles. The molecule has 1 heterocycles. The van der Waals surface area contributed by atoms with Gasteiger partial charge in [0.2, 0.25) is 5.92 Å². The van der Waals surface area contributed by atoms with Crippen LogP contribution < -0.4 is 0 Å². The molecule has 6 heteroatoms. The summed E-state index contributed by atoms with van der Waals surface area (Å²) in [6, 6.07) is 0.896. The molecule has 1 aromatic rings. The molecule has 0 aliphatic heterocycles. The molecule has 88 valence electrons. The molecule has 0 atom stereocenters. The van der Waals surface area contributed by atoms with Gasteiger partial charge in [0.25, 0.3) is 0 Å². The molecular formula is C10H8F5N. The van der Waals surface area contributed by atoms with Crippen LogP contribution in [0.2, 0.25) is 0 Å². The van der Waals surface area contributed by atoms with E-state index in [1.165, 1.54) is 6.20 Å². The zero-order valence-electron chi connectivity index (χ0n) is 8.06. The Labute approximate surface area is 88.3 Å². The van der Waals surface area contributed by atoms with Gasteiger partial charge >= 0.3 is 6.18 Å². The summed E-state index contributed by atoms with van der Waals surface area (Å²) in [5, 5.41) is 0. The summed E-state index contributed by atoms with van der Waals surface area (Å²) in [5.74, 6) is -3.25. The van der Waals surface area contributed by atoms with E-state index in [4.69, 9.17) is 0 Å². The number of halogens is 5. The normalized spacial score (nSPS) is 20.6. The monoisotopic (exact) mass is 237 g/mol. The minimum absolute atomic E-state index is 0.237. The summed E-state index contributed by atoms with van der Waals surface area (Å²) in [6.45, 7) is 0. The molecule has 16 heavy (non-hydrogen) atoms. The highest BCUT2D eigenvalue weighted by Gasteiger charge is 2.46. The van der Waals surface area contributed by atoms with Gasteiger partial charge in [-0.25, -0.2) is 8.78 Å². The number of alkyl halides is 5. The molecule has 0 bridgehead atoms. The molecule has 1 fully saturated rings. The van der Waals surface area contributed by atoms with E-state index >= 15 is 0 Å². The van der Waals surface area contributed by atoms with Crippen molar-refractivity contribution in [2.45, 2.75) is 30.9 Å². The zero-order chi connectivity index (χ0) is 12.0. The molecule has 1 aliphatic carbocycles. The lowest BCUT2D eigenvalue weighted by Crippen LogP contribution is -2.33. The quantitative estimate of drug-likeness (QED) is 0.680. The second-order valence-electron chi connectivity index (χ2n) is 3.97. The number of hydrogen-bond acceptors (Lipinski definition) is 1. The molecule has 0 spiro atoms. The molecule has 0 aromatic carbocycles. The molecule has 0 unspecified atom stereocenters. The van der Waals surface area contributed by atoms with Crippen molar-refractivity contribution in [2.24, 2.45) is 0 Å². The fourth-order valence-electron chi connectivity index (χ4n) is 1.73. The summed E-state index contributed by atoms with van der Waals surface area (Å²) in [7, 11) is 0. The van der Waals surface area contributed by atoms with Gasteiger partial charge in [-0.3, -0.25) is 4.98 Å². The molecule has 2 rings (SSSR count). The summed E-state index contributed by atoms with van der Waals surface area (Å²) in [5.41, 5.74) is -0.652. The SMILES string of the molecule is FC1(F)CC(c2cncc(C(F)(F)F)c2)C1. The van der Waals surface area contributed by atoms with Gasteiger partial charge in [-0.1, -0.05) is 0 Å². The second kappa shape index (κ2) is 3.40. The van der Waals surface area contributed by atoms with Crippen molar-refractivity contribution in [1.82, 2.24) is 4.98 Å². The Morgan fingerprint density at radius 2 is 1.81 bits per heavy atom. The topological polar surface area (TPSA) is 12.9 Å². The molecule has 1 aromatic heterocycles. The van der Waals surface area contributed by atoms with Crippen molar-refractivity contribution < 1.29 is 22.0 Å². The lowest BCUT2D eigenvalue weighted by molar-refractivity contribution is -0.138. The summed E-state index contributed by atoms with van der Waals surface area (Å²) in [6.07, 6.45) is -3.35. The van der Waals surface area contributed by atoms with Crippen molar-refractivity contribution in [2.75, 3.05) is 0 Å². The highest BCUT2D eigenvalue weighted by atomic mass is 19.4. The molecule has 1 aliphatic rings. The predicted octanol–water partition coefficient (Wildman–Crippen LogP) is 3.61. The van der Waals surface area contributed by atoms with Crippen molar-refractivity contribution in [1.29, 1.82) is 0 Å². The fourth-order valence-corrected chi connectivity index (χ4v) is 1.73.